The van der Waals surface area contributed by atoms with Gasteiger partial charge in [-0.1, -0.05) is 18.2 Å². The Kier molecular flexibility index (Phi) is 5.25. The van der Waals surface area contributed by atoms with E-state index in [2.05, 4.69) is 15.5 Å². The van der Waals surface area contributed by atoms with Crippen molar-refractivity contribution in [2.75, 3.05) is 0 Å². The molecular weight excluding hydrogens is 330 g/mol. The van der Waals surface area contributed by atoms with E-state index in [0.29, 0.717) is 17.1 Å². The van der Waals surface area contributed by atoms with Gasteiger partial charge in [0.25, 0.3) is 5.91 Å². The van der Waals surface area contributed by atoms with Crippen molar-refractivity contribution in [1.82, 2.24) is 20.1 Å². The molecule has 1 atom stereocenters. The van der Waals surface area contributed by atoms with Crippen molar-refractivity contribution in [2.24, 2.45) is 0 Å². The smallest absolute Gasteiger partial charge is 0.261 e. The number of benzene rings is 2. The molecule has 0 bridgehead atoms. The number of nitrogens with one attached hydrogen (secondary N) is 1. The molecule has 1 amide bonds. The Bertz CT molecular complexity index is 913. The van der Waals surface area contributed by atoms with Gasteiger partial charge in [0.15, 0.2) is 11.9 Å². The lowest BCUT2D eigenvalue weighted by molar-refractivity contribution is -0.127. The summed E-state index contributed by atoms with van der Waals surface area (Å²) in [7, 11) is 0. The molecule has 26 heavy (non-hydrogen) atoms. The summed E-state index contributed by atoms with van der Waals surface area (Å²) in [5, 5.41) is 19.6. The third-order valence-corrected chi connectivity index (χ3v) is 3.74. The Morgan fingerprint density at radius 3 is 2.65 bits per heavy atom. The van der Waals surface area contributed by atoms with Crippen LogP contribution in [0.4, 0.5) is 0 Å². The van der Waals surface area contributed by atoms with Crippen molar-refractivity contribution < 1.29 is 9.53 Å². The zero-order chi connectivity index (χ0) is 18.4. The maximum Gasteiger partial charge on any atom is 0.261 e. The molecule has 7 nitrogen and oxygen atoms in total. The summed E-state index contributed by atoms with van der Waals surface area (Å²) in [6.45, 7) is 1.89. The number of carbonyl (C=O) groups excluding carboxylic acids is 1. The number of rotatable bonds is 6. The summed E-state index contributed by atoms with van der Waals surface area (Å²) >= 11 is 0. The molecule has 0 aliphatic carbocycles. The van der Waals surface area contributed by atoms with Crippen molar-refractivity contribution in [3.63, 3.8) is 0 Å². The molecular formula is C19H17N5O2. The zero-order valence-electron chi connectivity index (χ0n) is 14.2. The first-order chi connectivity index (χ1) is 12.7. The molecule has 0 saturated heterocycles. The van der Waals surface area contributed by atoms with Gasteiger partial charge in [-0.25, -0.2) is 0 Å². The van der Waals surface area contributed by atoms with Crippen molar-refractivity contribution >= 4 is 5.91 Å². The Balaban J connectivity index is 1.59. The standard InChI is InChI=1S/C19H17N5O2/c1-14(26-17-9-7-15(11-20)8-10-17)19(25)21-12-18-23-22-13-24(18)16-5-3-2-4-6-16/h2-10,13-14H,12H2,1H3,(H,21,25). The van der Waals surface area contributed by atoms with E-state index in [9.17, 15) is 4.79 Å². The number of amides is 1. The maximum absolute atomic E-state index is 12.3. The predicted molar refractivity (Wildman–Crippen MR) is 94.5 cm³/mol. The lowest BCUT2D eigenvalue weighted by Gasteiger charge is -2.15. The van der Waals surface area contributed by atoms with Crippen LogP contribution >= 0.6 is 0 Å². The molecule has 2 aromatic carbocycles. The molecule has 130 valence electrons. The minimum Gasteiger partial charge on any atom is -0.481 e. The van der Waals surface area contributed by atoms with Crippen LogP contribution in [0.1, 0.15) is 18.3 Å². The highest BCUT2D eigenvalue weighted by Gasteiger charge is 2.16. The SMILES string of the molecule is CC(Oc1ccc(C#N)cc1)C(=O)NCc1nncn1-c1ccccc1. The summed E-state index contributed by atoms with van der Waals surface area (Å²) in [5.74, 6) is 0.881. The fraction of sp³-hybridized carbons (Fsp3) is 0.158. The summed E-state index contributed by atoms with van der Waals surface area (Å²) in [5.41, 5.74) is 1.46. The van der Waals surface area contributed by atoms with E-state index in [0.717, 1.165) is 5.69 Å². The van der Waals surface area contributed by atoms with Crippen molar-refractivity contribution in [2.45, 2.75) is 19.6 Å². The number of ether oxygens (including phenoxy) is 1. The van der Waals surface area contributed by atoms with E-state index in [1.165, 1.54) is 0 Å². The van der Waals surface area contributed by atoms with Gasteiger partial charge >= 0.3 is 0 Å². The predicted octanol–water partition coefficient (Wildman–Crippen LogP) is 2.22. The fourth-order valence-electron chi connectivity index (χ4n) is 2.36. The van der Waals surface area contributed by atoms with Crippen LogP contribution in [0.25, 0.3) is 5.69 Å². The molecule has 0 radical (unpaired) electrons. The Labute approximate surface area is 150 Å². The summed E-state index contributed by atoms with van der Waals surface area (Å²) in [6.07, 6.45) is 0.920. The van der Waals surface area contributed by atoms with Gasteiger partial charge in [0, 0.05) is 5.69 Å². The third kappa shape index (κ3) is 4.05. The lowest BCUT2D eigenvalue weighted by Crippen LogP contribution is -2.36. The first kappa shape index (κ1) is 17.2. The summed E-state index contributed by atoms with van der Waals surface area (Å²) in [6, 6.07) is 18.3. The van der Waals surface area contributed by atoms with Crippen LogP contribution in [0.15, 0.2) is 60.9 Å². The van der Waals surface area contributed by atoms with Crippen molar-refractivity contribution in [3.05, 3.63) is 72.3 Å². The number of carbonyl (C=O) groups is 1. The van der Waals surface area contributed by atoms with Gasteiger partial charge in [0.05, 0.1) is 18.2 Å². The summed E-state index contributed by atoms with van der Waals surface area (Å²) < 4.78 is 7.41. The van der Waals surface area contributed by atoms with Crippen LogP contribution in [0.2, 0.25) is 0 Å². The number of hydrogen-bond acceptors (Lipinski definition) is 5. The fourth-order valence-corrected chi connectivity index (χ4v) is 2.36. The second kappa shape index (κ2) is 7.94. The molecule has 1 unspecified atom stereocenters. The van der Waals surface area contributed by atoms with Gasteiger partial charge in [-0.3, -0.25) is 9.36 Å². The molecule has 0 aliphatic heterocycles. The zero-order valence-corrected chi connectivity index (χ0v) is 14.2. The minimum atomic E-state index is -0.684. The monoisotopic (exact) mass is 347 g/mol. The van der Waals surface area contributed by atoms with Crippen LogP contribution in [0.3, 0.4) is 0 Å². The number of hydrogen-bond donors (Lipinski definition) is 1. The van der Waals surface area contributed by atoms with E-state index in [1.54, 1.807) is 37.5 Å². The molecule has 1 heterocycles. The average Bonchev–Trinajstić information content (AvgIpc) is 3.16. The van der Waals surface area contributed by atoms with Gasteiger partial charge in [0.1, 0.15) is 12.1 Å². The first-order valence-electron chi connectivity index (χ1n) is 8.06. The van der Waals surface area contributed by atoms with Crippen LogP contribution < -0.4 is 10.1 Å². The molecule has 7 heteroatoms. The van der Waals surface area contributed by atoms with Crippen LogP contribution in [-0.2, 0) is 11.3 Å². The molecule has 1 aromatic heterocycles. The highest BCUT2D eigenvalue weighted by Crippen LogP contribution is 2.14. The molecule has 3 aromatic rings. The van der Waals surface area contributed by atoms with Crippen LogP contribution in [0.5, 0.6) is 5.75 Å². The van der Waals surface area contributed by atoms with Gasteiger partial charge in [-0.2, -0.15) is 5.26 Å². The second-order valence-corrected chi connectivity index (χ2v) is 5.57. The van der Waals surface area contributed by atoms with Crippen LogP contribution in [-0.4, -0.2) is 26.8 Å². The van der Waals surface area contributed by atoms with Gasteiger partial charge in [0.2, 0.25) is 0 Å². The maximum atomic E-state index is 12.3. The highest BCUT2D eigenvalue weighted by atomic mass is 16.5. The Morgan fingerprint density at radius 2 is 1.96 bits per heavy atom. The largest absolute Gasteiger partial charge is 0.481 e. The Morgan fingerprint density at radius 1 is 1.23 bits per heavy atom. The normalized spacial score (nSPS) is 11.4. The van der Waals surface area contributed by atoms with Gasteiger partial charge < -0.3 is 10.1 Å². The first-order valence-corrected chi connectivity index (χ1v) is 8.06. The van der Waals surface area contributed by atoms with E-state index < -0.39 is 6.10 Å². The molecule has 0 saturated carbocycles. The molecule has 0 spiro atoms. The van der Waals surface area contributed by atoms with E-state index >= 15 is 0 Å². The summed E-state index contributed by atoms with van der Waals surface area (Å²) in [4.78, 5) is 12.3. The number of aromatic nitrogens is 3. The molecule has 0 fully saturated rings. The van der Waals surface area contributed by atoms with Crippen molar-refractivity contribution in [3.8, 4) is 17.5 Å². The number of para-hydroxylation sites is 1. The molecule has 0 aliphatic rings. The number of nitriles is 1. The second-order valence-electron chi connectivity index (χ2n) is 5.57. The highest BCUT2D eigenvalue weighted by molar-refractivity contribution is 5.80. The van der Waals surface area contributed by atoms with Gasteiger partial charge in [-0.15, -0.1) is 10.2 Å². The van der Waals surface area contributed by atoms with E-state index in [-0.39, 0.29) is 12.5 Å². The van der Waals surface area contributed by atoms with Gasteiger partial charge in [-0.05, 0) is 43.3 Å². The lowest BCUT2D eigenvalue weighted by atomic mass is 10.2. The van der Waals surface area contributed by atoms with E-state index in [1.807, 2.05) is 41.0 Å². The Hall–Kier alpha value is -3.66. The number of nitrogens with zero attached hydrogens (tertiary/aromatic N) is 4. The quantitative estimate of drug-likeness (QED) is 0.738. The third-order valence-electron chi connectivity index (χ3n) is 3.74. The molecule has 1 N–H and O–H groups in total. The van der Waals surface area contributed by atoms with E-state index in [4.69, 9.17) is 10.00 Å². The van der Waals surface area contributed by atoms with Crippen molar-refractivity contribution in [1.29, 1.82) is 5.26 Å². The average molecular weight is 347 g/mol. The molecule has 3 rings (SSSR count). The topological polar surface area (TPSA) is 92.8 Å². The van der Waals surface area contributed by atoms with Crippen LogP contribution in [0, 0.1) is 11.3 Å². The minimum absolute atomic E-state index is 0.231.